The second kappa shape index (κ2) is 8.64. The standard InChI is InChI=1S/C23H15BrN2O6/c24-14-2-6-16(7-3-14)26-22(30)18-10-1-13(11-19(18)23(26)31)21(29)25-15-4-8-17(9-5-15)32-12-20(27)28/h1-11H,12H2,(H,25,29)(H,27,28). The number of halogens is 1. The molecule has 0 aromatic heterocycles. The third kappa shape index (κ3) is 4.23. The largest absolute Gasteiger partial charge is 0.482 e. The number of amides is 3. The number of fused-ring (bicyclic) bond motifs is 1. The average molecular weight is 495 g/mol. The van der Waals surface area contributed by atoms with Gasteiger partial charge in [-0.3, -0.25) is 14.4 Å². The van der Waals surface area contributed by atoms with Gasteiger partial charge in [0.25, 0.3) is 17.7 Å². The number of hydrogen-bond acceptors (Lipinski definition) is 5. The maximum absolute atomic E-state index is 12.9. The van der Waals surface area contributed by atoms with Gasteiger partial charge in [-0.15, -0.1) is 0 Å². The zero-order chi connectivity index (χ0) is 22.8. The summed E-state index contributed by atoms with van der Waals surface area (Å²) in [6.07, 6.45) is 0. The molecule has 0 fully saturated rings. The maximum Gasteiger partial charge on any atom is 0.341 e. The van der Waals surface area contributed by atoms with Crippen molar-refractivity contribution < 1.29 is 29.0 Å². The quantitative estimate of drug-likeness (QED) is 0.501. The van der Waals surface area contributed by atoms with E-state index in [0.717, 1.165) is 9.37 Å². The molecule has 1 aliphatic heterocycles. The summed E-state index contributed by atoms with van der Waals surface area (Å²) in [5, 5.41) is 11.3. The molecule has 0 atom stereocenters. The Kier molecular flexibility index (Phi) is 5.74. The van der Waals surface area contributed by atoms with Gasteiger partial charge in [0, 0.05) is 15.7 Å². The molecule has 2 N–H and O–H groups in total. The van der Waals surface area contributed by atoms with Gasteiger partial charge in [-0.1, -0.05) is 15.9 Å². The maximum atomic E-state index is 12.9. The van der Waals surface area contributed by atoms with Crippen LogP contribution in [0.1, 0.15) is 31.1 Å². The molecule has 0 saturated carbocycles. The monoisotopic (exact) mass is 494 g/mol. The van der Waals surface area contributed by atoms with E-state index in [1.807, 2.05) is 0 Å². The summed E-state index contributed by atoms with van der Waals surface area (Å²) in [6.45, 7) is -0.467. The van der Waals surface area contributed by atoms with Crippen molar-refractivity contribution in [3.8, 4) is 5.75 Å². The highest BCUT2D eigenvalue weighted by molar-refractivity contribution is 9.10. The number of benzene rings is 3. The highest BCUT2D eigenvalue weighted by Crippen LogP contribution is 2.30. The molecule has 0 saturated heterocycles. The Morgan fingerprint density at radius 3 is 2.22 bits per heavy atom. The fourth-order valence-electron chi connectivity index (χ4n) is 3.19. The lowest BCUT2D eigenvalue weighted by Crippen LogP contribution is -2.29. The van der Waals surface area contributed by atoms with Crippen LogP contribution in [0.2, 0.25) is 0 Å². The summed E-state index contributed by atoms with van der Waals surface area (Å²) >= 11 is 3.32. The first-order valence-corrected chi connectivity index (χ1v) is 10.2. The Labute approximate surface area is 190 Å². The number of aliphatic carboxylic acids is 1. The molecule has 3 aromatic rings. The van der Waals surface area contributed by atoms with Gasteiger partial charge in [0.1, 0.15) is 5.75 Å². The molecule has 4 rings (SSSR count). The second-order valence-electron chi connectivity index (χ2n) is 6.84. The number of imide groups is 1. The molecule has 32 heavy (non-hydrogen) atoms. The van der Waals surface area contributed by atoms with Crippen LogP contribution < -0.4 is 15.0 Å². The number of anilines is 2. The first-order valence-electron chi connectivity index (χ1n) is 9.38. The van der Waals surface area contributed by atoms with Gasteiger partial charge in [0.2, 0.25) is 0 Å². The van der Waals surface area contributed by atoms with E-state index in [4.69, 9.17) is 9.84 Å². The van der Waals surface area contributed by atoms with Crippen molar-refractivity contribution in [3.63, 3.8) is 0 Å². The molecule has 1 aliphatic rings. The Bertz CT molecular complexity index is 1240. The van der Waals surface area contributed by atoms with E-state index in [1.54, 1.807) is 36.4 Å². The molecule has 3 amide bonds. The van der Waals surface area contributed by atoms with Crippen molar-refractivity contribution in [2.75, 3.05) is 16.8 Å². The number of nitrogens with zero attached hydrogens (tertiary/aromatic N) is 1. The molecule has 9 heteroatoms. The Morgan fingerprint density at radius 2 is 1.56 bits per heavy atom. The van der Waals surface area contributed by atoms with E-state index in [-0.39, 0.29) is 16.7 Å². The highest BCUT2D eigenvalue weighted by atomic mass is 79.9. The number of rotatable bonds is 6. The zero-order valence-electron chi connectivity index (χ0n) is 16.4. The predicted octanol–water partition coefficient (Wildman–Crippen LogP) is 3.97. The number of carboxylic acid groups (broad SMARTS) is 1. The van der Waals surface area contributed by atoms with Crippen LogP contribution in [0.4, 0.5) is 11.4 Å². The number of hydrogen-bond donors (Lipinski definition) is 2. The van der Waals surface area contributed by atoms with Crippen LogP contribution >= 0.6 is 15.9 Å². The van der Waals surface area contributed by atoms with Crippen molar-refractivity contribution in [2.24, 2.45) is 0 Å². The number of carboxylic acids is 1. The Balaban J connectivity index is 1.51. The smallest absolute Gasteiger partial charge is 0.341 e. The van der Waals surface area contributed by atoms with Crippen molar-refractivity contribution >= 4 is 51.0 Å². The third-order valence-electron chi connectivity index (χ3n) is 4.71. The fourth-order valence-corrected chi connectivity index (χ4v) is 3.45. The van der Waals surface area contributed by atoms with Crippen LogP contribution in [0.15, 0.2) is 71.2 Å². The van der Waals surface area contributed by atoms with Crippen molar-refractivity contribution in [3.05, 3.63) is 87.9 Å². The lowest BCUT2D eigenvalue weighted by Gasteiger charge is -2.13. The summed E-state index contributed by atoms with van der Waals surface area (Å²) in [7, 11) is 0. The number of carbonyl (C=O) groups excluding carboxylic acids is 3. The van der Waals surface area contributed by atoms with Gasteiger partial charge in [-0.05, 0) is 66.7 Å². The van der Waals surface area contributed by atoms with Gasteiger partial charge in [-0.25, -0.2) is 9.69 Å². The van der Waals surface area contributed by atoms with Gasteiger partial charge in [0.05, 0.1) is 16.8 Å². The molecule has 0 unspecified atom stereocenters. The van der Waals surface area contributed by atoms with E-state index in [0.29, 0.717) is 17.1 Å². The Hall–Kier alpha value is -3.98. The van der Waals surface area contributed by atoms with Crippen LogP contribution in [0.3, 0.4) is 0 Å². The highest BCUT2D eigenvalue weighted by Gasteiger charge is 2.37. The molecular formula is C23H15BrN2O6. The molecule has 0 aliphatic carbocycles. The van der Waals surface area contributed by atoms with Crippen molar-refractivity contribution in [2.45, 2.75) is 0 Å². The van der Waals surface area contributed by atoms with E-state index in [9.17, 15) is 19.2 Å². The minimum atomic E-state index is -1.09. The van der Waals surface area contributed by atoms with Crippen LogP contribution in [0.25, 0.3) is 0 Å². The van der Waals surface area contributed by atoms with E-state index in [2.05, 4.69) is 21.2 Å². The second-order valence-corrected chi connectivity index (χ2v) is 7.76. The van der Waals surface area contributed by atoms with E-state index in [1.165, 1.54) is 30.3 Å². The first-order chi connectivity index (χ1) is 15.3. The summed E-state index contributed by atoms with van der Waals surface area (Å²) in [6, 6.07) is 17.3. The zero-order valence-corrected chi connectivity index (χ0v) is 18.0. The SMILES string of the molecule is O=C(O)COc1ccc(NC(=O)c2ccc3c(c2)C(=O)N(c2ccc(Br)cc2)C3=O)cc1. The lowest BCUT2D eigenvalue weighted by molar-refractivity contribution is -0.139. The molecule has 160 valence electrons. The number of carbonyl (C=O) groups is 4. The normalized spacial score (nSPS) is 12.5. The number of nitrogens with one attached hydrogen (secondary N) is 1. The minimum Gasteiger partial charge on any atom is -0.482 e. The predicted molar refractivity (Wildman–Crippen MR) is 119 cm³/mol. The van der Waals surface area contributed by atoms with Crippen molar-refractivity contribution in [1.29, 1.82) is 0 Å². The lowest BCUT2D eigenvalue weighted by atomic mass is 10.1. The summed E-state index contributed by atoms with van der Waals surface area (Å²) in [5.74, 6) is -2.15. The summed E-state index contributed by atoms with van der Waals surface area (Å²) < 4.78 is 5.87. The molecule has 0 bridgehead atoms. The van der Waals surface area contributed by atoms with Gasteiger partial charge in [0.15, 0.2) is 6.61 Å². The molecule has 3 aromatic carbocycles. The minimum absolute atomic E-state index is 0.156. The number of ether oxygens (including phenoxy) is 1. The van der Waals surface area contributed by atoms with Gasteiger partial charge >= 0.3 is 5.97 Å². The van der Waals surface area contributed by atoms with Crippen LogP contribution in [-0.2, 0) is 4.79 Å². The van der Waals surface area contributed by atoms with Crippen LogP contribution in [0.5, 0.6) is 5.75 Å². The molecule has 0 spiro atoms. The molecule has 0 radical (unpaired) electrons. The first kappa shape index (κ1) is 21.3. The van der Waals surface area contributed by atoms with Crippen LogP contribution in [0, 0.1) is 0 Å². The van der Waals surface area contributed by atoms with Crippen LogP contribution in [-0.4, -0.2) is 35.4 Å². The van der Waals surface area contributed by atoms with Gasteiger partial charge in [-0.2, -0.15) is 0 Å². The fraction of sp³-hybridized carbons (Fsp3) is 0.0435. The van der Waals surface area contributed by atoms with Gasteiger partial charge < -0.3 is 15.2 Å². The van der Waals surface area contributed by atoms with E-state index < -0.39 is 30.3 Å². The summed E-state index contributed by atoms with van der Waals surface area (Å²) in [5.41, 5.74) is 1.50. The van der Waals surface area contributed by atoms with E-state index >= 15 is 0 Å². The molecular weight excluding hydrogens is 480 g/mol. The molecule has 1 heterocycles. The Morgan fingerprint density at radius 1 is 0.906 bits per heavy atom. The topological polar surface area (TPSA) is 113 Å². The molecule has 8 nitrogen and oxygen atoms in total. The third-order valence-corrected chi connectivity index (χ3v) is 5.24. The summed E-state index contributed by atoms with van der Waals surface area (Å²) in [4.78, 5) is 49.9. The average Bonchev–Trinajstić information content (AvgIpc) is 3.03. The van der Waals surface area contributed by atoms with Crippen molar-refractivity contribution in [1.82, 2.24) is 0 Å².